The zero-order chi connectivity index (χ0) is 16.1. The van der Waals surface area contributed by atoms with Crippen LogP contribution in [0.3, 0.4) is 0 Å². The topological polar surface area (TPSA) is 58.2 Å². The van der Waals surface area contributed by atoms with Crippen LogP contribution in [0.2, 0.25) is 0 Å². The Morgan fingerprint density at radius 3 is 2.43 bits per heavy atom. The van der Waals surface area contributed by atoms with Gasteiger partial charge in [-0.05, 0) is 43.0 Å². The van der Waals surface area contributed by atoms with Crippen molar-refractivity contribution < 1.29 is 8.42 Å². The third-order valence-electron chi connectivity index (χ3n) is 3.49. The average Bonchev–Trinajstić information content (AvgIpc) is 2.39. The molecule has 1 atom stereocenters. The van der Waals surface area contributed by atoms with Crippen LogP contribution in [0.5, 0.6) is 0 Å². The molecule has 0 saturated carbocycles. The fraction of sp³-hybridized carbons (Fsp3) is 0.625. The van der Waals surface area contributed by atoms with Crippen molar-refractivity contribution in [2.75, 3.05) is 13.6 Å². The summed E-state index contributed by atoms with van der Waals surface area (Å²) in [5.41, 5.74) is 1.11. The zero-order valence-electron chi connectivity index (χ0n) is 13.7. The van der Waals surface area contributed by atoms with Gasteiger partial charge in [-0.3, -0.25) is 0 Å². The Balaban J connectivity index is 2.86. The van der Waals surface area contributed by atoms with Crippen LogP contribution in [-0.4, -0.2) is 22.0 Å². The second kappa shape index (κ2) is 7.38. The number of sulfonamides is 1. The average molecular weight is 312 g/mol. The minimum Gasteiger partial charge on any atom is -0.313 e. The van der Waals surface area contributed by atoms with Crippen LogP contribution < -0.4 is 10.0 Å². The lowest BCUT2D eigenvalue weighted by molar-refractivity contribution is 0.378. The van der Waals surface area contributed by atoms with Gasteiger partial charge in [-0.1, -0.05) is 39.8 Å². The van der Waals surface area contributed by atoms with Crippen molar-refractivity contribution in [2.45, 2.75) is 51.5 Å². The highest BCUT2D eigenvalue weighted by atomic mass is 32.2. The first-order valence-corrected chi connectivity index (χ1v) is 8.95. The predicted octanol–water partition coefficient (Wildman–Crippen LogP) is 3.07. The second-order valence-corrected chi connectivity index (χ2v) is 8.30. The Morgan fingerprint density at radius 1 is 1.24 bits per heavy atom. The Labute approximate surface area is 129 Å². The van der Waals surface area contributed by atoms with Crippen LogP contribution in [-0.2, 0) is 10.0 Å². The molecule has 0 heterocycles. The molecule has 1 rings (SSSR count). The number of hydrogen-bond acceptors (Lipinski definition) is 3. The molecule has 1 aromatic rings. The van der Waals surface area contributed by atoms with E-state index in [1.807, 2.05) is 13.1 Å². The molecule has 0 aliphatic rings. The lowest BCUT2D eigenvalue weighted by Crippen LogP contribution is -2.27. The van der Waals surface area contributed by atoms with Crippen molar-refractivity contribution in [1.29, 1.82) is 0 Å². The zero-order valence-corrected chi connectivity index (χ0v) is 14.5. The molecular formula is C16H28N2O2S. The standard InChI is InChI=1S/C16H28N2O2S/c1-6-15(17-5)13-8-7-9-14(12-13)21(19,20)18-11-10-16(2,3)4/h7-9,12,15,17-18H,6,10-11H2,1-5H3. The van der Waals surface area contributed by atoms with Crippen LogP contribution in [0.4, 0.5) is 0 Å². The van der Waals surface area contributed by atoms with Crippen LogP contribution in [0.25, 0.3) is 0 Å². The molecule has 0 radical (unpaired) electrons. The quantitative estimate of drug-likeness (QED) is 0.813. The van der Waals surface area contributed by atoms with Gasteiger partial charge in [0.15, 0.2) is 0 Å². The molecule has 4 nitrogen and oxygen atoms in total. The molecule has 0 aromatic heterocycles. The summed E-state index contributed by atoms with van der Waals surface area (Å²) in [6, 6.07) is 7.33. The van der Waals surface area contributed by atoms with Crippen molar-refractivity contribution in [1.82, 2.24) is 10.0 Å². The molecule has 0 aliphatic carbocycles. The maximum atomic E-state index is 12.3. The molecule has 0 fully saturated rings. The summed E-state index contributed by atoms with van der Waals surface area (Å²) >= 11 is 0. The first-order valence-electron chi connectivity index (χ1n) is 7.46. The van der Waals surface area contributed by atoms with E-state index in [4.69, 9.17) is 0 Å². The Kier molecular flexibility index (Phi) is 6.38. The maximum Gasteiger partial charge on any atom is 0.240 e. The third kappa shape index (κ3) is 5.77. The van der Waals surface area contributed by atoms with Gasteiger partial charge in [0.2, 0.25) is 10.0 Å². The van der Waals surface area contributed by atoms with E-state index in [-0.39, 0.29) is 11.5 Å². The van der Waals surface area contributed by atoms with E-state index in [0.717, 1.165) is 18.4 Å². The van der Waals surface area contributed by atoms with E-state index in [0.29, 0.717) is 11.4 Å². The number of hydrogen-bond donors (Lipinski definition) is 2. The van der Waals surface area contributed by atoms with Gasteiger partial charge in [-0.2, -0.15) is 0 Å². The van der Waals surface area contributed by atoms with E-state index >= 15 is 0 Å². The molecule has 0 amide bonds. The highest BCUT2D eigenvalue weighted by Crippen LogP contribution is 2.21. The van der Waals surface area contributed by atoms with Gasteiger partial charge < -0.3 is 5.32 Å². The van der Waals surface area contributed by atoms with E-state index in [1.54, 1.807) is 18.2 Å². The number of nitrogens with one attached hydrogen (secondary N) is 2. The molecule has 5 heteroatoms. The molecule has 0 bridgehead atoms. The van der Waals surface area contributed by atoms with Crippen molar-refractivity contribution in [2.24, 2.45) is 5.41 Å². The Hall–Kier alpha value is -0.910. The SMILES string of the molecule is CCC(NC)c1cccc(S(=O)(=O)NCCC(C)(C)C)c1. The largest absolute Gasteiger partial charge is 0.313 e. The summed E-state index contributed by atoms with van der Waals surface area (Å²) in [7, 11) is -1.55. The van der Waals surface area contributed by atoms with Gasteiger partial charge in [-0.25, -0.2) is 13.1 Å². The van der Waals surface area contributed by atoms with Crippen molar-refractivity contribution in [3.05, 3.63) is 29.8 Å². The molecule has 2 N–H and O–H groups in total. The summed E-state index contributed by atoms with van der Waals surface area (Å²) in [6.07, 6.45) is 1.72. The van der Waals surface area contributed by atoms with E-state index < -0.39 is 10.0 Å². The predicted molar refractivity (Wildman–Crippen MR) is 87.8 cm³/mol. The van der Waals surface area contributed by atoms with Gasteiger partial charge in [0.05, 0.1) is 4.90 Å². The van der Waals surface area contributed by atoms with Crippen LogP contribution in [0.1, 0.15) is 52.1 Å². The molecule has 0 spiro atoms. The molecule has 21 heavy (non-hydrogen) atoms. The monoisotopic (exact) mass is 312 g/mol. The van der Waals surface area contributed by atoms with Crippen LogP contribution in [0.15, 0.2) is 29.2 Å². The minimum absolute atomic E-state index is 0.115. The van der Waals surface area contributed by atoms with E-state index in [9.17, 15) is 8.42 Å². The van der Waals surface area contributed by atoms with Gasteiger partial charge in [0.25, 0.3) is 0 Å². The van der Waals surface area contributed by atoms with Crippen molar-refractivity contribution >= 4 is 10.0 Å². The second-order valence-electron chi connectivity index (χ2n) is 6.53. The molecule has 0 saturated heterocycles. The van der Waals surface area contributed by atoms with Gasteiger partial charge in [0, 0.05) is 12.6 Å². The van der Waals surface area contributed by atoms with Crippen LogP contribution in [0, 0.1) is 5.41 Å². The Bertz CT molecular complexity index is 544. The molecule has 1 aromatic carbocycles. The fourth-order valence-electron chi connectivity index (χ4n) is 2.15. The summed E-state index contributed by atoms with van der Waals surface area (Å²) < 4.78 is 27.4. The molecular weight excluding hydrogens is 284 g/mol. The number of rotatable bonds is 7. The lowest BCUT2D eigenvalue weighted by atomic mass is 9.93. The Morgan fingerprint density at radius 2 is 1.90 bits per heavy atom. The van der Waals surface area contributed by atoms with Crippen molar-refractivity contribution in [3.63, 3.8) is 0 Å². The minimum atomic E-state index is -3.43. The van der Waals surface area contributed by atoms with Gasteiger partial charge in [0.1, 0.15) is 0 Å². The van der Waals surface area contributed by atoms with Gasteiger partial charge >= 0.3 is 0 Å². The highest BCUT2D eigenvalue weighted by molar-refractivity contribution is 7.89. The van der Waals surface area contributed by atoms with Crippen molar-refractivity contribution in [3.8, 4) is 0 Å². The van der Waals surface area contributed by atoms with Gasteiger partial charge in [-0.15, -0.1) is 0 Å². The summed E-state index contributed by atoms with van der Waals surface area (Å²) in [6.45, 7) is 8.82. The normalized spacial score (nSPS) is 14.1. The summed E-state index contributed by atoms with van der Waals surface area (Å²) in [4.78, 5) is 0.336. The lowest BCUT2D eigenvalue weighted by Gasteiger charge is -2.18. The van der Waals surface area contributed by atoms with E-state index in [1.165, 1.54) is 0 Å². The van der Waals surface area contributed by atoms with Crippen LogP contribution >= 0.6 is 0 Å². The third-order valence-corrected chi connectivity index (χ3v) is 4.95. The molecule has 0 aliphatic heterocycles. The summed E-state index contributed by atoms with van der Waals surface area (Å²) in [5, 5.41) is 3.19. The molecule has 1 unspecified atom stereocenters. The maximum absolute atomic E-state index is 12.3. The molecule has 120 valence electrons. The first-order chi connectivity index (χ1) is 9.69. The summed E-state index contributed by atoms with van der Waals surface area (Å²) in [5.74, 6) is 0. The number of benzene rings is 1. The van der Waals surface area contributed by atoms with E-state index in [2.05, 4.69) is 37.7 Å². The highest BCUT2D eigenvalue weighted by Gasteiger charge is 2.17. The smallest absolute Gasteiger partial charge is 0.240 e. The fourth-order valence-corrected chi connectivity index (χ4v) is 3.24. The first kappa shape index (κ1) is 18.1.